The van der Waals surface area contributed by atoms with Crippen LogP contribution in [-0.4, -0.2) is 26.0 Å². The predicted molar refractivity (Wildman–Crippen MR) is 76.8 cm³/mol. The minimum absolute atomic E-state index is 0.192. The Morgan fingerprint density at radius 1 is 1.15 bits per heavy atom. The molecular weight excluding hydrogens is 256 g/mol. The fourth-order valence-corrected chi connectivity index (χ4v) is 1.61. The van der Waals surface area contributed by atoms with Crippen LogP contribution < -0.4 is 0 Å². The van der Waals surface area contributed by atoms with Gasteiger partial charge in [0.15, 0.2) is 5.78 Å². The van der Waals surface area contributed by atoms with Crippen LogP contribution in [0.3, 0.4) is 0 Å². The Labute approximate surface area is 118 Å². The molecule has 0 aliphatic carbocycles. The van der Waals surface area contributed by atoms with Crippen LogP contribution in [0, 0.1) is 5.92 Å². The van der Waals surface area contributed by atoms with E-state index in [1.54, 1.807) is 13.0 Å². The molecule has 0 radical (unpaired) electrons. The molecule has 0 aliphatic rings. The number of esters is 1. The van der Waals surface area contributed by atoms with E-state index in [-0.39, 0.29) is 11.4 Å². The van der Waals surface area contributed by atoms with Crippen molar-refractivity contribution >= 4 is 17.8 Å². The van der Waals surface area contributed by atoms with Crippen LogP contribution in [0.5, 0.6) is 0 Å². The van der Waals surface area contributed by atoms with Gasteiger partial charge in [0.2, 0.25) is 0 Å². The van der Waals surface area contributed by atoms with E-state index in [0.29, 0.717) is 0 Å². The summed E-state index contributed by atoms with van der Waals surface area (Å²) in [7, 11) is 2.68. The number of methoxy groups -OCH3 is 2. The van der Waals surface area contributed by atoms with Crippen LogP contribution in [0.4, 0.5) is 0 Å². The first kappa shape index (κ1) is 15.7. The Morgan fingerprint density at radius 2 is 1.80 bits per heavy atom. The molecule has 0 aliphatic heterocycles. The van der Waals surface area contributed by atoms with E-state index in [1.165, 1.54) is 26.6 Å². The molecule has 4 nitrogen and oxygen atoms in total. The highest BCUT2D eigenvalue weighted by Crippen LogP contribution is 2.15. The summed E-state index contributed by atoms with van der Waals surface area (Å²) in [6, 6.07) is 9.45. The summed E-state index contributed by atoms with van der Waals surface area (Å²) in [6.07, 6.45) is 4.40. The normalized spacial score (nSPS) is 13.1. The molecular formula is C16H18O4. The van der Waals surface area contributed by atoms with Gasteiger partial charge in [-0.3, -0.25) is 4.79 Å². The van der Waals surface area contributed by atoms with Crippen molar-refractivity contribution in [2.24, 2.45) is 5.92 Å². The second-order valence-corrected chi connectivity index (χ2v) is 4.17. The first-order valence-corrected chi connectivity index (χ1v) is 6.18. The predicted octanol–water partition coefficient (Wildman–Crippen LogP) is 2.61. The van der Waals surface area contributed by atoms with Gasteiger partial charge in [0.25, 0.3) is 0 Å². The zero-order valence-electron chi connectivity index (χ0n) is 11.8. The Morgan fingerprint density at radius 3 is 2.35 bits per heavy atom. The van der Waals surface area contributed by atoms with Crippen LogP contribution in [-0.2, 0) is 19.1 Å². The molecule has 0 spiro atoms. The van der Waals surface area contributed by atoms with E-state index in [9.17, 15) is 9.59 Å². The fraction of sp³-hybridized carbons (Fsp3) is 0.250. The molecule has 0 fully saturated rings. The fourth-order valence-electron chi connectivity index (χ4n) is 1.61. The standard InChI is InChI=1S/C16H18O4/c1-12(14(11-19-2)16(18)20-3)15(17)10-9-13-7-5-4-6-8-13/h4-12H,1-3H3/b10-9+,14-11+. The molecule has 0 aromatic heterocycles. The molecule has 1 aromatic carbocycles. The third-order valence-electron chi connectivity index (χ3n) is 2.80. The summed E-state index contributed by atoms with van der Waals surface area (Å²) in [4.78, 5) is 23.6. The Kier molecular flexibility index (Phi) is 6.23. The number of hydrogen-bond donors (Lipinski definition) is 0. The van der Waals surface area contributed by atoms with Crippen molar-refractivity contribution in [2.75, 3.05) is 14.2 Å². The molecule has 0 saturated heterocycles. The number of benzene rings is 1. The summed E-state index contributed by atoms with van der Waals surface area (Å²) in [5.74, 6) is -1.38. The van der Waals surface area contributed by atoms with Crippen molar-refractivity contribution in [3.8, 4) is 0 Å². The number of rotatable bonds is 6. The van der Waals surface area contributed by atoms with Crippen LogP contribution in [0.1, 0.15) is 12.5 Å². The quantitative estimate of drug-likeness (QED) is 0.454. The van der Waals surface area contributed by atoms with Gasteiger partial charge in [-0.15, -0.1) is 0 Å². The lowest BCUT2D eigenvalue weighted by Crippen LogP contribution is -2.19. The van der Waals surface area contributed by atoms with E-state index < -0.39 is 11.9 Å². The minimum Gasteiger partial charge on any atom is -0.504 e. The van der Waals surface area contributed by atoms with E-state index in [0.717, 1.165) is 5.56 Å². The molecule has 0 amide bonds. The van der Waals surface area contributed by atoms with Crippen LogP contribution in [0.25, 0.3) is 6.08 Å². The van der Waals surface area contributed by atoms with Gasteiger partial charge >= 0.3 is 5.97 Å². The average molecular weight is 274 g/mol. The smallest absolute Gasteiger partial charge is 0.337 e. The van der Waals surface area contributed by atoms with Crippen molar-refractivity contribution < 1.29 is 19.1 Å². The molecule has 1 aromatic rings. The number of ketones is 1. The minimum atomic E-state index is -0.623. The molecule has 20 heavy (non-hydrogen) atoms. The molecule has 1 atom stereocenters. The molecule has 0 heterocycles. The highest BCUT2D eigenvalue weighted by atomic mass is 16.5. The zero-order valence-corrected chi connectivity index (χ0v) is 11.8. The number of allylic oxidation sites excluding steroid dienone is 1. The lowest BCUT2D eigenvalue weighted by Gasteiger charge is -2.10. The number of ether oxygens (including phenoxy) is 2. The highest BCUT2D eigenvalue weighted by molar-refractivity contribution is 6.03. The van der Waals surface area contributed by atoms with Gasteiger partial charge in [0.1, 0.15) is 0 Å². The van der Waals surface area contributed by atoms with Crippen molar-refractivity contribution in [2.45, 2.75) is 6.92 Å². The number of hydrogen-bond acceptors (Lipinski definition) is 4. The van der Waals surface area contributed by atoms with Gasteiger partial charge < -0.3 is 9.47 Å². The van der Waals surface area contributed by atoms with Crippen LogP contribution >= 0.6 is 0 Å². The van der Waals surface area contributed by atoms with E-state index in [4.69, 9.17) is 4.74 Å². The Hall–Kier alpha value is -2.36. The van der Waals surface area contributed by atoms with E-state index in [1.807, 2.05) is 30.3 Å². The molecule has 1 unspecified atom stereocenters. The van der Waals surface area contributed by atoms with Gasteiger partial charge in [-0.2, -0.15) is 0 Å². The molecule has 4 heteroatoms. The van der Waals surface area contributed by atoms with Crippen LogP contribution in [0.15, 0.2) is 48.2 Å². The molecule has 0 bridgehead atoms. The Bertz CT molecular complexity index is 515. The molecule has 0 saturated carbocycles. The van der Waals surface area contributed by atoms with Crippen molar-refractivity contribution in [3.05, 3.63) is 53.8 Å². The summed E-state index contributed by atoms with van der Waals surface area (Å²) in [5.41, 5.74) is 1.11. The van der Waals surface area contributed by atoms with Crippen molar-refractivity contribution in [3.63, 3.8) is 0 Å². The number of carbonyl (C=O) groups is 2. The molecule has 1 rings (SSSR count). The maximum Gasteiger partial charge on any atom is 0.337 e. The van der Waals surface area contributed by atoms with Gasteiger partial charge in [0.05, 0.1) is 32.0 Å². The van der Waals surface area contributed by atoms with Gasteiger partial charge in [0, 0.05) is 0 Å². The van der Waals surface area contributed by atoms with Gasteiger partial charge in [-0.1, -0.05) is 43.3 Å². The third kappa shape index (κ3) is 4.39. The Balaban J connectivity index is 2.82. The van der Waals surface area contributed by atoms with E-state index >= 15 is 0 Å². The van der Waals surface area contributed by atoms with Crippen molar-refractivity contribution in [1.82, 2.24) is 0 Å². The monoisotopic (exact) mass is 274 g/mol. The first-order chi connectivity index (χ1) is 9.60. The topological polar surface area (TPSA) is 52.6 Å². The highest BCUT2D eigenvalue weighted by Gasteiger charge is 2.23. The number of carbonyl (C=O) groups excluding carboxylic acids is 2. The maximum absolute atomic E-state index is 12.1. The lowest BCUT2D eigenvalue weighted by atomic mass is 9.96. The third-order valence-corrected chi connectivity index (χ3v) is 2.80. The van der Waals surface area contributed by atoms with Gasteiger partial charge in [-0.25, -0.2) is 4.79 Å². The average Bonchev–Trinajstić information content (AvgIpc) is 2.49. The largest absolute Gasteiger partial charge is 0.504 e. The van der Waals surface area contributed by atoms with E-state index in [2.05, 4.69) is 4.74 Å². The summed E-state index contributed by atoms with van der Waals surface area (Å²) in [6.45, 7) is 1.64. The molecule has 0 N–H and O–H groups in total. The van der Waals surface area contributed by atoms with Gasteiger partial charge in [-0.05, 0) is 11.6 Å². The second-order valence-electron chi connectivity index (χ2n) is 4.17. The van der Waals surface area contributed by atoms with Crippen LogP contribution in [0.2, 0.25) is 0 Å². The first-order valence-electron chi connectivity index (χ1n) is 6.18. The SMILES string of the molecule is CO/C=C(/C(=O)OC)C(C)C(=O)/C=C/c1ccccc1. The summed E-state index contributed by atoms with van der Waals surface area (Å²) in [5, 5.41) is 0. The summed E-state index contributed by atoms with van der Waals surface area (Å²) >= 11 is 0. The summed E-state index contributed by atoms with van der Waals surface area (Å²) < 4.78 is 9.46. The second kappa shape index (κ2) is 7.94. The molecule has 106 valence electrons. The maximum atomic E-state index is 12.1. The lowest BCUT2D eigenvalue weighted by molar-refractivity contribution is -0.137. The van der Waals surface area contributed by atoms with Crippen molar-refractivity contribution in [1.29, 1.82) is 0 Å². The zero-order chi connectivity index (χ0) is 15.0.